The number of ether oxygens (including phenoxy) is 1. The fourth-order valence-electron chi connectivity index (χ4n) is 2.75. The quantitative estimate of drug-likeness (QED) is 0.744. The molecule has 0 saturated carbocycles. The maximum Gasteiger partial charge on any atom is 0.264 e. The van der Waals surface area contributed by atoms with Gasteiger partial charge in [0.1, 0.15) is 11.6 Å². The van der Waals surface area contributed by atoms with E-state index >= 15 is 0 Å². The summed E-state index contributed by atoms with van der Waals surface area (Å²) < 4.78 is 49.2. The summed E-state index contributed by atoms with van der Waals surface area (Å²) in [7, 11) is -3.20. The molecule has 136 valence electrons. The van der Waals surface area contributed by atoms with Crippen molar-refractivity contribution < 1.29 is 22.1 Å². The summed E-state index contributed by atoms with van der Waals surface area (Å²) in [6.45, 7) is 2.77. The van der Waals surface area contributed by atoms with Gasteiger partial charge in [0.25, 0.3) is 5.89 Å². The minimum Gasteiger partial charge on any atom is -0.484 e. The van der Waals surface area contributed by atoms with Crippen molar-refractivity contribution in [2.75, 3.05) is 18.8 Å². The predicted molar refractivity (Wildman–Crippen MR) is 88.0 cm³/mol. The Morgan fingerprint density at radius 3 is 2.84 bits per heavy atom. The zero-order valence-electron chi connectivity index (χ0n) is 13.9. The zero-order chi connectivity index (χ0) is 17.9. The van der Waals surface area contributed by atoms with Crippen molar-refractivity contribution in [2.45, 2.75) is 32.3 Å². The van der Waals surface area contributed by atoms with E-state index in [0.717, 1.165) is 0 Å². The Morgan fingerprint density at radius 1 is 1.36 bits per heavy atom. The Kier molecular flexibility index (Phi) is 5.33. The molecule has 1 fully saturated rings. The lowest BCUT2D eigenvalue weighted by Crippen LogP contribution is -2.30. The van der Waals surface area contributed by atoms with Crippen LogP contribution in [0.1, 0.15) is 37.4 Å². The molecule has 0 spiro atoms. The summed E-state index contributed by atoms with van der Waals surface area (Å²) in [4.78, 5) is 4.29. The van der Waals surface area contributed by atoms with Gasteiger partial charge in [-0.05, 0) is 37.1 Å². The lowest BCUT2D eigenvalue weighted by atomic mass is 10.1. The number of benzene rings is 1. The van der Waals surface area contributed by atoms with Crippen molar-refractivity contribution in [3.05, 3.63) is 41.8 Å². The minimum absolute atomic E-state index is 0.0726. The first-order valence-electron chi connectivity index (χ1n) is 8.16. The Bertz CT molecular complexity index is 807. The van der Waals surface area contributed by atoms with Gasteiger partial charge >= 0.3 is 0 Å². The van der Waals surface area contributed by atoms with Crippen LogP contribution in [0.4, 0.5) is 4.39 Å². The molecule has 0 aliphatic carbocycles. The highest BCUT2D eigenvalue weighted by atomic mass is 32.2. The molecular weight excluding hydrogens is 349 g/mol. The molecule has 2 aromatic rings. The van der Waals surface area contributed by atoms with E-state index in [4.69, 9.17) is 9.26 Å². The molecule has 3 rings (SSSR count). The van der Waals surface area contributed by atoms with E-state index in [2.05, 4.69) is 10.1 Å². The van der Waals surface area contributed by atoms with Gasteiger partial charge in [0.15, 0.2) is 12.4 Å². The fourth-order valence-corrected chi connectivity index (χ4v) is 4.31. The molecule has 25 heavy (non-hydrogen) atoms. The first-order valence-corrected chi connectivity index (χ1v) is 9.77. The van der Waals surface area contributed by atoms with E-state index in [1.807, 2.05) is 6.92 Å². The van der Waals surface area contributed by atoms with Crippen LogP contribution in [-0.4, -0.2) is 41.7 Å². The van der Waals surface area contributed by atoms with Crippen molar-refractivity contribution in [1.82, 2.24) is 14.4 Å². The molecule has 2 heterocycles. The van der Waals surface area contributed by atoms with Crippen LogP contribution in [0.15, 0.2) is 28.8 Å². The molecule has 1 aliphatic heterocycles. The lowest BCUT2D eigenvalue weighted by molar-refractivity contribution is 0.242. The van der Waals surface area contributed by atoms with Crippen LogP contribution in [0.3, 0.4) is 0 Å². The molecule has 1 aromatic heterocycles. The van der Waals surface area contributed by atoms with Gasteiger partial charge in [-0.2, -0.15) is 4.98 Å². The SMILES string of the molecule is CCCS(=O)(=O)N1CCC(c2noc(COc3ccc(F)cc3)n2)C1. The van der Waals surface area contributed by atoms with Crippen molar-refractivity contribution in [3.8, 4) is 5.75 Å². The van der Waals surface area contributed by atoms with Crippen molar-refractivity contribution >= 4 is 10.0 Å². The number of rotatable bonds is 7. The number of aromatic nitrogens is 2. The van der Waals surface area contributed by atoms with Gasteiger partial charge in [0.2, 0.25) is 10.0 Å². The van der Waals surface area contributed by atoms with E-state index in [9.17, 15) is 12.8 Å². The maximum absolute atomic E-state index is 12.8. The Morgan fingerprint density at radius 2 is 2.12 bits per heavy atom. The number of halogens is 1. The number of hydrogen-bond donors (Lipinski definition) is 0. The van der Waals surface area contributed by atoms with Gasteiger partial charge in [0.05, 0.1) is 5.75 Å². The molecular formula is C16H20FN3O4S. The molecule has 1 aromatic carbocycles. The topological polar surface area (TPSA) is 85.5 Å². The van der Waals surface area contributed by atoms with Gasteiger partial charge in [-0.3, -0.25) is 0 Å². The summed E-state index contributed by atoms with van der Waals surface area (Å²) in [5, 5.41) is 3.94. The molecule has 7 nitrogen and oxygen atoms in total. The van der Waals surface area contributed by atoms with Crippen LogP contribution in [0.25, 0.3) is 0 Å². The number of sulfonamides is 1. The third kappa shape index (κ3) is 4.35. The summed E-state index contributed by atoms with van der Waals surface area (Å²) >= 11 is 0. The predicted octanol–water partition coefficient (Wildman–Crippen LogP) is 2.32. The van der Waals surface area contributed by atoms with Gasteiger partial charge in [0, 0.05) is 19.0 Å². The van der Waals surface area contributed by atoms with Gasteiger partial charge in [-0.15, -0.1) is 0 Å². The highest BCUT2D eigenvalue weighted by Crippen LogP contribution is 2.27. The third-order valence-electron chi connectivity index (χ3n) is 4.03. The molecule has 0 radical (unpaired) electrons. The molecule has 1 saturated heterocycles. The normalized spacial score (nSPS) is 18.6. The third-order valence-corrected chi connectivity index (χ3v) is 6.07. The van der Waals surface area contributed by atoms with Crippen LogP contribution < -0.4 is 4.74 Å². The van der Waals surface area contributed by atoms with Gasteiger partial charge in [-0.1, -0.05) is 12.1 Å². The molecule has 0 N–H and O–H groups in total. The van der Waals surface area contributed by atoms with Crippen molar-refractivity contribution in [1.29, 1.82) is 0 Å². The Labute approximate surface area is 145 Å². The van der Waals surface area contributed by atoms with E-state index in [-0.39, 0.29) is 24.1 Å². The monoisotopic (exact) mass is 369 g/mol. The first-order chi connectivity index (χ1) is 12.0. The smallest absolute Gasteiger partial charge is 0.264 e. The van der Waals surface area contributed by atoms with Crippen LogP contribution in [0, 0.1) is 5.82 Å². The molecule has 1 unspecified atom stereocenters. The highest BCUT2D eigenvalue weighted by Gasteiger charge is 2.33. The highest BCUT2D eigenvalue weighted by molar-refractivity contribution is 7.89. The van der Waals surface area contributed by atoms with Crippen molar-refractivity contribution in [2.24, 2.45) is 0 Å². The van der Waals surface area contributed by atoms with E-state index < -0.39 is 10.0 Å². The average molecular weight is 369 g/mol. The molecule has 0 bridgehead atoms. The van der Waals surface area contributed by atoms with Gasteiger partial charge in [-0.25, -0.2) is 17.1 Å². The van der Waals surface area contributed by atoms with E-state index in [1.165, 1.54) is 28.6 Å². The number of nitrogens with zero attached hydrogens (tertiary/aromatic N) is 3. The fraction of sp³-hybridized carbons (Fsp3) is 0.500. The zero-order valence-corrected chi connectivity index (χ0v) is 14.7. The molecule has 9 heteroatoms. The Hall–Kier alpha value is -2.00. The molecule has 1 aliphatic rings. The summed E-state index contributed by atoms with van der Waals surface area (Å²) in [6, 6.07) is 5.64. The average Bonchev–Trinajstić information content (AvgIpc) is 3.24. The van der Waals surface area contributed by atoms with Crippen LogP contribution in [0.5, 0.6) is 5.75 Å². The second kappa shape index (κ2) is 7.49. The van der Waals surface area contributed by atoms with Gasteiger partial charge < -0.3 is 9.26 Å². The summed E-state index contributed by atoms with van der Waals surface area (Å²) in [5.74, 6) is 1.04. The van der Waals surface area contributed by atoms with Crippen LogP contribution in [0.2, 0.25) is 0 Å². The summed E-state index contributed by atoms with van der Waals surface area (Å²) in [5.41, 5.74) is 0. The second-order valence-corrected chi connectivity index (χ2v) is 8.04. The largest absolute Gasteiger partial charge is 0.484 e. The van der Waals surface area contributed by atoms with Crippen molar-refractivity contribution in [3.63, 3.8) is 0 Å². The standard InChI is InChI=1S/C16H20FN3O4S/c1-2-9-25(21,22)20-8-7-12(10-20)16-18-15(24-19-16)11-23-14-5-3-13(17)4-6-14/h3-6,12H,2,7-11H2,1H3. The summed E-state index contributed by atoms with van der Waals surface area (Å²) in [6.07, 6.45) is 1.26. The van der Waals surface area contributed by atoms with Crippen LogP contribution >= 0.6 is 0 Å². The first kappa shape index (κ1) is 17.8. The minimum atomic E-state index is -3.20. The van der Waals surface area contributed by atoms with Crippen LogP contribution in [-0.2, 0) is 16.6 Å². The molecule has 0 amide bonds. The Balaban J connectivity index is 1.57. The second-order valence-electron chi connectivity index (χ2n) is 5.95. The maximum atomic E-state index is 12.8. The van der Waals surface area contributed by atoms with E-state index in [1.54, 1.807) is 0 Å². The molecule has 1 atom stereocenters. The van der Waals surface area contributed by atoms with E-state index in [0.29, 0.717) is 43.4 Å². The lowest BCUT2D eigenvalue weighted by Gasteiger charge is -2.14. The number of hydrogen-bond acceptors (Lipinski definition) is 6.